The zero-order chi connectivity index (χ0) is 11.4. The molecule has 0 aliphatic heterocycles. The second kappa shape index (κ2) is 5.29. The normalized spacial score (nSPS) is 26.8. The van der Waals surface area contributed by atoms with Gasteiger partial charge in [-0.3, -0.25) is 9.59 Å². The maximum Gasteiger partial charge on any atom is 0.309 e. The highest BCUT2D eigenvalue weighted by atomic mass is 16.5. The second-order valence-electron chi connectivity index (χ2n) is 4.55. The van der Waals surface area contributed by atoms with E-state index in [9.17, 15) is 9.59 Å². The summed E-state index contributed by atoms with van der Waals surface area (Å²) in [5.41, 5.74) is 0. The molecule has 1 rings (SSSR count). The van der Waals surface area contributed by atoms with E-state index in [2.05, 4.69) is 13.8 Å². The molecule has 1 fully saturated rings. The lowest BCUT2D eigenvalue weighted by Crippen LogP contribution is -2.35. The molecule has 1 aliphatic carbocycles. The predicted octanol–water partition coefficient (Wildman–Crippen LogP) is 2.19. The van der Waals surface area contributed by atoms with Crippen LogP contribution in [0.25, 0.3) is 0 Å². The van der Waals surface area contributed by atoms with E-state index in [0.717, 1.165) is 6.42 Å². The molecule has 0 amide bonds. The summed E-state index contributed by atoms with van der Waals surface area (Å²) >= 11 is 0. The first-order valence-electron chi connectivity index (χ1n) is 5.74. The summed E-state index contributed by atoms with van der Waals surface area (Å²) in [5, 5.41) is 0. The van der Waals surface area contributed by atoms with Gasteiger partial charge in [-0.25, -0.2) is 0 Å². The van der Waals surface area contributed by atoms with Gasteiger partial charge in [-0.15, -0.1) is 0 Å². The number of carbonyl (C=O) groups excluding carboxylic acids is 2. The molecule has 86 valence electrons. The van der Waals surface area contributed by atoms with Crippen molar-refractivity contribution in [3.63, 3.8) is 0 Å². The van der Waals surface area contributed by atoms with Gasteiger partial charge in [0.2, 0.25) is 0 Å². The first kappa shape index (κ1) is 12.2. The van der Waals surface area contributed by atoms with E-state index >= 15 is 0 Å². The van der Waals surface area contributed by atoms with Crippen molar-refractivity contribution >= 4 is 11.8 Å². The topological polar surface area (TPSA) is 43.4 Å². The molecule has 1 aliphatic rings. The van der Waals surface area contributed by atoms with E-state index in [4.69, 9.17) is 4.74 Å². The first-order chi connectivity index (χ1) is 7.06. The van der Waals surface area contributed by atoms with E-state index in [1.807, 2.05) is 0 Å². The monoisotopic (exact) mass is 212 g/mol. The molecule has 0 N–H and O–H groups in total. The van der Waals surface area contributed by atoms with Crippen molar-refractivity contribution in [1.29, 1.82) is 0 Å². The molecule has 0 bridgehead atoms. The van der Waals surface area contributed by atoms with Crippen LogP contribution >= 0.6 is 0 Å². The predicted molar refractivity (Wildman–Crippen MR) is 57.3 cm³/mol. The van der Waals surface area contributed by atoms with Gasteiger partial charge in [0.05, 0.1) is 12.5 Å². The molecular weight excluding hydrogens is 192 g/mol. The minimum atomic E-state index is -0.203. The average molecular weight is 212 g/mol. The molecule has 0 aromatic rings. The summed E-state index contributed by atoms with van der Waals surface area (Å²) in [6.45, 7) is 6.40. The highest BCUT2D eigenvalue weighted by Crippen LogP contribution is 2.34. The summed E-state index contributed by atoms with van der Waals surface area (Å²) < 4.78 is 5.02. The fourth-order valence-electron chi connectivity index (χ4n) is 2.33. The van der Waals surface area contributed by atoms with Crippen molar-refractivity contribution in [2.24, 2.45) is 17.8 Å². The molecule has 0 aromatic carbocycles. The molecular formula is C12H20O3. The van der Waals surface area contributed by atoms with Crippen LogP contribution in [0.3, 0.4) is 0 Å². The molecule has 15 heavy (non-hydrogen) atoms. The summed E-state index contributed by atoms with van der Waals surface area (Å²) in [6, 6.07) is 0. The highest BCUT2D eigenvalue weighted by molar-refractivity contribution is 5.86. The molecule has 0 spiro atoms. The van der Waals surface area contributed by atoms with Crippen LogP contribution in [-0.4, -0.2) is 18.4 Å². The number of esters is 1. The smallest absolute Gasteiger partial charge is 0.309 e. The van der Waals surface area contributed by atoms with Crippen LogP contribution < -0.4 is 0 Å². The van der Waals surface area contributed by atoms with Crippen LogP contribution in [0.5, 0.6) is 0 Å². The van der Waals surface area contributed by atoms with Gasteiger partial charge in [-0.1, -0.05) is 13.8 Å². The quantitative estimate of drug-likeness (QED) is 0.673. The van der Waals surface area contributed by atoms with Crippen molar-refractivity contribution in [1.82, 2.24) is 0 Å². The van der Waals surface area contributed by atoms with Crippen LogP contribution in [0.1, 0.15) is 40.0 Å². The van der Waals surface area contributed by atoms with Crippen LogP contribution in [0, 0.1) is 17.8 Å². The number of hydrogen-bond acceptors (Lipinski definition) is 3. The number of Topliss-reactive ketones (excluding diaryl/α,β-unsaturated/α-hetero) is 1. The molecule has 3 nitrogen and oxygen atoms in total. The van der Waals surface area contributed by atoms with E-state index < -0.39 is 0 Å². The Morgan fingerprint density at radius 3 is 2.73 bits per heavy atom. The number of carbonyl (C=O) groups is 2. The minimum Gasteiger partial charge on any atom is -0.466 e. The molecule has 0 saturated heterocycles. The van der Waals surface area contributed by atoms with Gasteiger partial charge in [-0.2, -0.15) is 0 Å². The van der Waals surface area contributed by atoms with E-state index in [1.165, 1.54) is 0 Å². The molecule has 0 heterocycles. The molecule has 3 heteroatoms. The Bertz CT molecular complexity index is 245. The zero-order valence-electron chi connectivity index (χ0n) is 9.79. The largest absolute Gasteiger partial charge is 0.466 e. The Kier molecular flexibility index (Phi) is 4.30. The standard InChI is InChI=1S/C12H20O3/c1-4-15-12(14)11-7-9(13)5-6-10(11)8(2)3/h8,10-11H,4-7H2,1-3H3. The number of rotatable bonds is 3. The molecule has 0 aromatic heterocycles. The lowest BCUT2D eigenvalue weighted by Gasteiger charge is -2.31. The van der Waals surface area contributed by atoms with Crippen molar-refractivity contribution in [3.8, 4) is 0 Å². The van der Waals surface area contributed by atoms with E-state index in [0.29, 0.717) is 31.3 Å². The van der Waals surface area contributed by atoms with Crippen molar-refractivity contribution in [2.75, 3.05) is 6.61 Å². The molecule has 0 radical (unpaired) electrons. The van der Waals surface area contributed by atoms with Crippen molar-refractivity contribution in [2.45, 2.75) is 40.0 Å². The highest BCUT2D eigenvalue weighted by Gasteiger charge is 2.36. The lowest BCUT2D eigenvalue weighted by molar-refractivity contribution is -0.154. The molecule has 2 atom stereocenters. The van der Waals surface area contributed by atoms with E-state index in [-0.39, 0.29) is 17.7 Å². The Morgan fingerprint density at radius 1 is 1.53 bits per heavy atom. The Morgan fingerprint density at radius 2 is 2.20 bits per heavy atom. The maximum absolute atomic E-state index is 11.7. The Labute approximate surface area is 91.2 Å². The van der Waals surface area contributed by atoms with Gasteiger partial charge in [0.15, 0.2) is 0 Å². The average Bonchev–Trinajstić information content (AvgIpc) is 2.17. The van der Waals surface area contributed by atoms with Crippen molar-refractivity contribution < 1.29 is 14.3 Å². The van der Waals surface area contributed by atoms with Crippen LogP contribution in [-0.2, 0) is 14.3 Å². The second-order valence-corrected chi connectivity index (χ2v) is 4.55. The lowest BCUT2D eigenvalue weighted by atomic mass is 9.73. The summed E-state index contributed by atoms with van der Waals surface area (Å²) in [5.74, 6) is 0.551. The third-order valence-electron chi connectivity index (χ3n) is 3.17. The van der Waals surface area contributed by atoms with Crippen LogP contribution in [0.2, 0.25) is 0 Å². The summed E-state index contributed by atoms with van der Waals surface area (Å²) in [7, 11) is 0. The third-order valence-corrected chi connectivity index (χ3v) is 3.17. The number of ether oxygens (including phenoxy) is 1. The molecule has 1 saturated carbocycles. The molecule has 2 unspecified atom stereocenters. The van der Waals surface area contributed by atoms with Gasteiger partial charge in [0.1, 0.15) is 5.78 Å². The van der Waals surface area contributed by atoms with Crippen LogP contribution in [0.4, 0.5) is 0 Å². The minimum absolute atomic E-state index is 0.191. The zero-order valence-corrected chi connectivity index (χ0v) is 9.79. The van der Waals surface area contributed by atoms with Crippen molar-refractivity contribution in [3.05, 3.63) is 0 Å². The van der Waals surface area contributed by atoms with Crippen LogP contribution in [0.15, 0.2) is 0 Å². The maximum atomic E-state index is 11.7. The Balaban J connectivity index is 2.69. The number of hydrogen-bond donors (Lipinski definition) is 0. The van der Waals surface area contributed by atoms with Gasteiger partial charge in [0, 0.05) is 12.8 Å². The Hall–Kier alpha value is -0.860. The van der Waals surface area contributed by atoms with Gasteiger partial charge >= 0.3 is 5.97 Å². The first-order valence-corrected chi connectivity index (χ1v) is 5.74. The fourth-order valence-corrected chi connectivity index (χ4v) is 2.33. The van der Waals surface area contributed by atoms with Gasteiger partial charge < -0.3 is 4.74 Å². The summed E-state index contributed by atoms with van der Waals surface area (Å²) in [6.07, 6.45) is 1.83. The summed E-state index contributed by atoms with van der Waals surface area (Å²) in [4.78, 5) is 23.0. The van der Waals surface area contributed by atoms with Gasteiger partial charge in [0.25, 0.3) is 0 Å². The van der Waals surface area contributed by atoms with E-state index in [1.54, 1.807) is 6.92 Å². The third kappa shape index (κ3) is 3.05. The SMILES string of the molecule is CCOC(=O)C1CC(=O)CCC1C(C)C. The fraction of sp³-hybridized carbons (Fsp3) is 0.833. The number of ketones is 1. The van der Waals surface area contributed by atoms with Gasteiger partial charge in [-0.05, 0) is 25.2 Å².